The summed E-state index contributed by atoms with van der Waals surface area (Å²) < 4.78 is 0.900. The van der Waals surface area contributed by atoms with Gasteiger partial charge in [-0.3, -0.25) is 0 Å². The normalized spacial score (nSPS) is 19.9. The van der Waals surface area contributed by atoms with Gasteiger partial charge in [-0.2, -0.15) is 0 Å². The van der Waals surface area contributed by atoms with E-state index in [0.717, 1.165) is 10.3 Å². The second-order valence-electron chi connectivity index (χ2n) is 4.69. The third-order valence-corrected chi connectivity index (χ3v) is 6.05. The summed E-state index contributed by atoms with van der Waals surface area (Å²) in [4.78, 5) is 1.88. The molecule has 0 aromatic carbocycles. The Morgan fingerprint density at radius 1 is 1.31 bits per heavy atom. The molecule has 3 heteroatoms. The van der Waals surface area contributed by atoms with E-state index in [2.05, 4.69) is 22.0 Å². The summed E-state index contributed by atoms with van der Waals surface area (Å²) in [6, 6.07) is 4.14. The van der Waals surface area contributed by atoms with Crippen molar-refractivity contribution in [3.05, 3.63) is 21.3 Å². The minimum absolute atomic E-state index is 0.506. The maximum absolute atomic E-state index is 5.95. The van der Waals surface area contributed by atoms with Crippen LogP contribution in [0.15, 0.2) is 12.1 Å². The fourth-order valence-corrected chi connectivity index (χ4v) is 4.27. The quantitative estimate of drug-likeness (QED) is 0.579. The maximum Gasteiger partial charge on any atom is 0.0931 e. The molecule has 1 aliphatic carbocycles. The molecule has 0 saturated heterocycles. The maximum atomic E-state index is 5.95. The zero-order valence-electron chi connectivity index (χ0n) is 9.42. The van der Waals surface area contributed by atoms with Crippen molar-refractivity contribution < 1.29 is 0 Å². The van der Waals surface area contributed by atoms with Crippen LogP contribution in [-0.2, 0) is 0 Å². The Labute approximate surface area is 116 Å². The molecule has 1 saturated carbocycles. The van der Waals surface area contributed by atoms with E-state index in [1.54, 1.807) is 11.3 Å². The van der Waals surface area contributed by atoms with E-state index in [9.17, 15) is 0 Å². The van der Waals surface area contributed by atoms with Crippen molar-refractivity contribution in [1.29, 1.82) is 0 Å². The van der Waals surface area contributed by atoms with E-state index in [-0.39, 0.29) is 0 Å². The molecule has 0 nitrogen and oxygen atoms in total. The van der Waals surface area contributed by atoms with Crippen LogP contribution in [0.4, 0.5) is 0 Å². The molecule has 1 heterocycles. The molecular formula is C13H18BrClS. The van der Waals surface area contributed by atoms with Crippen LogP contribution in [0.2, 0.25) is 4.34 Å². The second-order valence-corrected chi connectivity index (χ2v) is 7.54. The molecule has 0 spiro atoms. The molecule has 1 aliphatic rings. The highest BCUT2D eigenvalue weighted by Gasteiger charge is 2.16. The summed E-state index contributed by atoms with van der Waals surface area (Å²) in [6.45, 7) is 0. The van der Waals surface area contributed by atoms with Gasteiger partial charge in [-0.05, 0) is 30.9 Å². The SMILES string of the molecule is Clc1ccc(C(Br)CCC2CCCCC2)s1. The lowest BCUT2D eigenvalue weighted by Crippen LogP contribution is -2.06. The van der Waals surface area contributed by atoms with Crippen LogP contribution in [0.1, 0.15) is 54.7 Å². The van der Waals surface area contributed by atoms with E-state index >= 15 is 0 Å². The summed E-state index contributed by atoms with van der Waals surface area (Å²) in [6.07, 6.45) is 9.86. The summed E-state index contributed by atoms with van der Waals surface area (Å²) in [5.41, 5.74) is 0. The summed E-state index contributed by atoms with van der Waals surface area (Å²) >= 11 is 11.4. The minimum atomic E-state index is 0.506. The number of halogens is 2. The Hall–Kier alpha value is 0.470. The summed E-state index contributed by atoms with van der Waals surface area (Å²) in [5.74, 6) is 0.976. The molecule has 1 aromatic rings. The van der Waals surface area contributed by atoms with Gasteiger partial charge in [-0.25, -0.2) is 0 Å². The van der Waals surface area contributed by atoms with Gasteiger partial charge in [-0.15, -0.1) is 11.3 Å². The van der Waals surface area contributed by atoms with Gasteiger partial charge in [0, 0.05) is 9.70 Å². The zero-order chi connectivity index (χ0) is 11.4. The largest absolute Gasteiger partial charge is 0.127 e. The molecule has 0 aliphatic heterocycles. The average molecular weight is 322 g/mol. The predicted molar refractivity (Wildman–Crippen MR) is 76.8 cm³/mol. The standard InChI is InChI=1S/C13H18BrClS/c14-11(12-8-9-13(15)16-12)7-6-10-4-2-1-3-5-10/h8-11H,1-7H2. The molecule has 0 radical (unpaired) electrons. The Morgan fingerprint density at radius 3 is 2.69 bits per heavy atom. The first-order valence-corrected chi connectivity index (χ1v) is 8.26. The highest BCUT2D eigenvalue weighted by atomic mass is 79.9. The van der Waals surface area contributed by atoms with E-state index < -0.39 is 0 Å². The van der Waals surface area contributed by atoms with Crippen molar-refractivity contribution >= 4 is 38.9 Å². The third kappa shape index (κ3) is 3.75. The number of rotatable bonds is 4. The molecule has 1 aromatic heterocycles. The van der Waals surface area contributed by atoms with Crippen molar-refractivity contribution in [1.82, 2.24) is 0 Å². The molecule has 0 bridgehead atoms. The van der Waals surface area contributed by atoms with Crippen LogP contribution in [0.25, 0.3) is 0 Å². The molecule has 16 heavy (non-hydrogen) atoms. The lowest BCUT2D eigenvalue weighted by Gasteiger charge is -2.22. The molecule has 0 N–H and O–H groups in total. The van der Waals surface area contributed by atoms with Crippen molar-refractivity contribution in [2.24, 2.45) is 5.92 Å². The Kier molecular flexibility index (Phi) is 5.18. The van der Waals surface area contributed by atoms with Crippen LogP contribution in [0, 0.1) is 5.92 Å². The highest BCUT2D eigenvalue weighted by Crippen LogP contribution is 2.37. The van der Waals surface area contributed by atoms with Crippen molar-refractivity contribution in [3.63, 3.8) is 0 Å². The number of thiophene rings is 1. The number of alkyl halides is 1. The second kappa shape index (κ2) is 6.42. The fourth-order valence-electron chi connectivity index (χ4n) is 2.50. The minimum Gasteiger partial charge on any atom is -0.127 e. The van der Waals surface area contributed by atoms with Crippen LogP contribution >= 0.6 is 38.9 Å². The Morgan fingerprint density at radius 2 is 2.06 bits per heavy atom. The van der Waals surface area contributed by atoms with Crippen LogP contribution in [0.5, 0.6) is 0 Å². The zero-order valence-corrected chi connectivity index (χ0v) is 12.6. The first-order valence-electron chi connectivity index (χ1n) is 6.15. The van der Waals surface area contributed by atoms with Crippen molar-refractivity contribution in [3.8, 4) is 0 Å². The van der Waals surface area contributed by atoms with Gasteiger partial charge in [-0.1, -0.05) is 59.6 Å². The third-order valence-electron chi connectivity index (χ3n) is 3.46. The first-order chi connectivity index (χ1) is 7.75. The van der Waals surface area contributed by atoms with E-state index in [4.69, 9.17) is 11.6 Å². The van der Waals surface area contributed by atoms with Gasteiger partial charge in [0.25, 0.3) is 0 Å². The number of hydrogen-bond acceptors (Lipinski definition) is 1. The van der Waals surface area contributed by atoms with E-state index in [1.165, 1.54) is 49.8 Å². The Bertz CT molecular complexity index is 317. The fraction of sp³-hybridized carbons (Fsp3) is 0.692. The van der Waals surface area contributed by atoms with Gasteiger partial charge in [0.15, 0.2) is 0 Å². The molecule has 90 valence electrons. The summed E-state index contributed by atoms with van der Waals surface area (Å²) in [5, 5.41) is 0. The van der Waals surface area contributed by atoms with Gasteiger partial charge in [0.05, 0.1) is 4.34 Å². The lowest BCUT2D eigenvalue weighted by atomic mass is 9.86. The summed E-state index contributed by atoms with van der Waals surface area (Å²) in [7, 11) is 0. The highest BCUT2D eigenvalue weighted by molar-refractivity contribution is 9.09. The molecule has 1 atom stereocenters. The molecule has 2 rings (SSSR count). The van der Waals surface area contributed by atoms with E-state index in [1.807, 2.05) is 6.07 Å². The van der Waals surface area contributed by atoms with Gasteiger partial charge >= 0.3 is 0 Å². The van der Waals surface area contributed by atoms with E-state index in [0.29, 0.717) is 4.83 Å². The lowest BCUT2D eigenvalue weighted by molar-refractivity contribution is 0.332. The molecular weight excluding hydrogens is 304 g/mol. The van der Waals surface area contributed by atoms with Gasteiger partial charge < -0.3 is 0 Å². The van der Waals surface area contributed by atoms with Crippen LogP contribution in [-0.4, -0.2) is 0 Å². The van der Waals surface area contributed by atoms with Crippen molar-refractivity contribution in [2.75, 3.05) is 0 Å². The van der Waals surface area contributed by atoms with Crippen LogP contribution in [0.3, 0.4) is 0 Å². The van der Waals surface area contributed by atoms with Crippen molar-refractivity contribution in [2.45, 2.75) is 49.8 Å². The Balaban J connectivity index is 1.76. The molecule has 1 unspecified atom stereocenters. The predicted octanol–water partition coefficient (Wildman–Crippen LogP) is 6.20. The average Bonchev–Trinajstić information content (AvgIpc) is 2.74. The monoisotopic (exact) mass is 320 g/mol. The van der Waals surface area contributed by atoms with Gasteiger partial charge in [0.1, 0.15) is 0 Å². The molecule has 0 amide bonds. The topological polar surface area (TPSA) is 0 Å². The smallest absolute Gasteiger partial charge is 0.0931 e. The molecule has 1 fully saturated rings. The van der Waals surface area contributed by atoms with Crippen LogP contribution < -0.4 is 0 Å². The van der Waals surface area contributed by atoms with Gasteiger partial charge in [0.2, 0.25) is 0 Å². The first kappa shape index (κ1) is 12.9. The number of hydrogen-bond donors (Lipinski definition) is 0.